The highest BCUT2D eigenvalue weighted by Crippen LogP contribution is 2.48. The van der Waals surface area contributed by atoms with Crippen molar-refractivity contribution in [1.82, 2.24) is 5.32 Å². The minimum absolute atomic E-state index is 0.137. The number of benzene rings is 1. The van der Waals surface area contributed by atoms with Gasteiger partial charge in [0.1, 0.15) is 5.82 Å². The Labute approximate surface area is 107 Å². The lowest BCUT2D eigenvalue weighted by Crippen LogP contribution is -2.43. The first kappa shape index (κ1) is 12.1. The molecule has 18 heavy (non-hydrogen) atoms. The average Bonchev–Trinajstić information content (AvgIpc) is 2.74. The van der Waals surface area contributed by atoms with Gasteiger partial charge in [0.05, 0.1) is 5.60 Å². The molecule has 1 aliphatic carbocycles. The molecule has 1 heterocycles. The smallest absolute Gasteiger partial charge is 0.129 e. The van der Waals surface area contributed by atoms with Crippen LogP contribution in [0.5, 0.6) is 0 Å². The Morgan fingerprint density at radius 2 is 2.17 bits per heavy atom. The quantitative estimate of drug-likeness (QED) is 0.801. The summed E-state index contributed by atoms with van der Waals surface area (Å²) in [5.74, 6) is 0.321. The van der Waals surface area contributed by atoms with Crippen LogP contribution >= 0.6 is 0 Å². The topological polar surface area (TPSA) is 32.3 Å². The maximum atomic E-state index is 14.0. The van der Waals surface area contributed by atoms with E-state index in [1.807, 2.05) is 6.07 Å². The molecular weight excluding hydrogens is 229 g/mol. The second-order valence-electron chi connectivity index (χ2n) is 5.76. The predicted octanol–water partition coefficient (Wildman–Crippen LogP) is 2.42. The van der Waals surface area contributed by atoms with E-state index < -0.39 is 5.60 Å². The Morgan fingerprint density at radius 1 is 1.39 bits per heavy atom. The van der Waals surface area contributed by atoms with Gasteiger partial charge in [-0.25, -0.2) is 4.39 Å². The monoisotopic (exact) mass is 249 g/mol. The summed E-state index contributed by atoms with van der Waals surface area (Å²) in [6.07, 6.45) is 2.77. The largest absolute Gasteiger partial charge is 0.385 e. The fourth-order valence-corrected chi connectivity index (χ4v) is 3.88. The zero-order valence-corrected chi connectivity index (χ0v) is 10.7. The molecule has 0 aromatic heterocycles. The van der Waals surface area contributed by atoms with E-state index in [1.165, 1.54) is 6.07 Å². The Balaban J connectivity index is 2.01. The third-order valence-corrected chi connectivity index (χ3v) is 4.87. The van der Waals surface area contributed by atoms with Crippen molar-refractivity contribution < 1.29 is 9.50 Å². The fourth-order valence-electron chi connectivity index (χ4n) is 3.88. The standard InChI is InChI=1S/C15H20FNO/c1-10-11-5-4-8-15(18,13(11)9-17-10)12-6-2-3-7-14(12)16/h2-3,6-7,10-11,13,17-18H,4-5,8-9H2,1H3. The van der Waals surface area contributed by atoms with Crippen molar-refractivity contribution in [1.29, 1.82) is 0 Å². The van der Waals surface area contributed by atoms with Gasteiger partial charge in [0, 0.05) is 24.1 Å². The van der Waals surface area contributed by atoms with Crippen LogP contribution in [0.1, 0.15) is 31.7 Å². The molecule has 0 amide bonds. The highest BCUT2D eigenvalue weighted by molar-refractivity contribution is 5.27. The summed E-state index contributed by atoms with van der Waals surface area (Å²) in [7, 11) is 0. The number of fused-ring (bicyclic) bond motifs is 1. The van der Waals surface area contributed by atoms with Crippen LogP contribution in [0, 0.1) is 17.7 Å². The van der Waals surface area contributed by atoms with Crippen molar-refractivity contribution in [3.63, 3.8) is 0 Å². The van der Waals surface area contributed by atoms with E-state index in [-0.39, 0.29) is 11.7 Å². The summed E-state index contributed by atoms with van der Waals surface area (Å²) < 4.78 is 14.0. The molecule has 98 valence electrons. The van der Waals surface area contributed by atoms with Gasteiger partial charge in [0.2, 0.25) is 0 Å². The second kappa shape index (κ2) is 4.32. The van der Waals surface area contributed by atoms with E-state index in [1.54, 1.807) is 12.1 Å². The Morgan fingerprint density at radius 3 is 2.94 bits per heavy atom. The number of hydrogen-bond acceptors (Lipinski definition) is 2. The molecule has 2 nitrogen and oxygen atoms in total. The van der Waals surface area contributed by atoms with Crippen LogP contribution in [-0.4, -0.2) is 17.7 Å². The van der Waals surface area contributed by atoms with Gasteiger partial charge in [-0.05, 0) is 38.2 Å². The zero-order chi connectivity index (χ0) is 12.8. The SMILES string of the molecule is CC1NCC2C1CCCC2(O)c1ccccc1F. The lowest BCUT2D eigenvalue weighted by molar-refractivity contribution is -0.0687. The second-order valence-corrected chi connectivity index (χ2v) is 5.76. The molecule has 0 spiro atoms. The van der Waals surface area contributed by atoms with Crippen LogP contribution in [-0.2, 0) is 5.60 Å². The summed E-state index contributed by atoms with van der Waals surface area (Å²) >= 11 is 0. The number of halogens is 1. The van der Waals surface area contributed by atoms with Gasteiger partial charge in [-0.3, -0.25) is 0 Å². The fraction of sp³-hybridized carbons (Fsp3) is 0.600. The molecule has 4 atom stereocenters. The lowest BCUT2D eigenvalue weighted by Gasteiger charge is -2.42. The molecule has 1 aromatic rings. The third kappa shape index (κ3) is 1.69. The number of nitrogens with one attached hydrogen (secondary N) is 1. The van der Waals surface area contributed by atoms with Crippen LogP contribution in [0.2, 0.25) is 0 Å². The first-order chi connectivity index (χ1) is 8.63. The molecule has 2 N–H and O–H groups in total. The Hall–Kier alpha value is -0.930. The number of hydrogen-bond donors (Lipinski definition) is 2. The van der Waals surface area contributed by atoms with E-state index in [0.29, 0.717) is 23.9 Å². The van der Waals surface area contributed by atoms with Crippen molar-refractivity contribution in [2.75, 3.05) is 6.54 Å². The third-order valence-electron chi connectivity index (χ3n) is 4.87. The summed E-state index contributed by atoms with van der Waals surface area (Å²) in [6.45, 7) is 2.95. The lowest BCUT2D eigenvalue weighted by atomic mass is 9.66. The maximum Gasteiger partial charge on any atom is 0.129 e. The minimum atomic E-state index is -0.994. The molecule has 2 fully saturated rings. The Bertz CT molecular complexity index is 450. The number of aliphatic hydroxyl groups is 1. The highest BCUT2D eigenvalue weighted by Gasteiger charge is 2.50. The van der Waals surface area contributed by atoms with E-state index in [0.717, 1.165) is 19.4 Å². The van der Waals surface area contributed by atoms with Gasteiger partial charge in [-0.2, -0.15) is 0 Å². The zero-order valence-electron chi connectivity index (χ0n) is 10.7. The van der Waals surface area contributed by atoms with Gasteiger partial charge in [0.15, 0.2) is 0 Å². The van der Waals surface area contributed by atoms with Crippen LogP contribution in [0.3, 0.4) is 0 Å². The summed E-state index contributed by atoms with van der Waals surface area (Å²) in [6, 6.07) is 7.10. The van der Waals surface area contributed by atoms with Gasteiger partial charge in [-0.1, -0.05) is 18.2 Å². The summed E-state index contributed by atoms with van der Waals surface area (Å²) in [5.41, 5.74) is -0.512. The molecule has 3 heteroatoms. The molecule has 1 saturated carbocycles. The molecule has 0 radical (unpaired) electrons. The van der Waals surface area contributed by atoms with Crippen LogP contribution < -0.4 is 5.32 Å². The van der Waals surface area contributed by atoms with Crippen molar-refractivity contribution >= 4 is 0 Å². The molecule has 4 unspecified atom stereocenters. The van der Waals surface area contributed by atoms with Crippen molar-refractivity contribution in [3.05, 3.63) is 35.6 Å². The van der Waals surface area contributed by atoms with Crippen molar-refractivity contribution in [2.45, 2.75) is 37.8 Å². The molecule has 0 bridgehead atoms. The highest BCUT2D eigenvalue weighted by atomic mass is 19.1. The minimum Gasteiger partial charge on any atom is -0.385 e. The van der Waals surface area contributed by atoms with Crippen molar-refractivity contribution in [2.24, 2.45) is 11.8 Å². The summed E-state index contributed by atoms with van der Waals surface area (Å²) in [4.78, 5) is 0. The van der Waals surface area contributed by atoms with Crippen LogP contribution in [0.25, 0.3) is 0 Å². The first-order valence-electron chi connectivity index (χ1n) is 6.83. The maximum absolute atomic E-state index is 14.0. The van der Waals surface area contributed by atoms with Gasteiger partial charge in [0.25, 0.3) is 0 Å². The van der Waals surface area contributed by atoms with Gasteiger partial charge in [-0.15, -0.1) is 0 Å². The molecule has 1 saturated heterocycles. The molecule has 3 rings (SSSR count). The Kier molecular flexibility index (Phi) is 2.91. The average molecular weight is 249 g/mol. The van der Waals surface area contributed by atoms with Gasteiger partial charge < -0.3 is 10.4 Å². The van der Waals surface area contributed by atoms with Crippen LogP contribution in [0.4, 0.5) is 4.39 Å². The van der Waals surface area contributed by atoms with E-state index in [2.05, 4.69) is 12.2 Å². The van der Waals surface area contributed by atoms with Crippen molar-refractivity contribution in [3.8, 4) is 0 Å². The predicted molar refractivity (Wildman–Crippen MR) is 68.6 cm³/mol. The van der Waals surface area contributed by atoms with Crippen LogP contribution in [0.15, 0.2) is 24.3 Å². The normalized spacial score (nSPS) is 39.6. The van der Waals surface area contributed by atoms with E-state index in [9.17, 15) is 9.50 Å². The summed E-state index contributed by atoms with van der Waals surface area (Å²) in [5, 5.41) is 14.5. The molecular formula is C15H20FNO. The number of rotatable bonds is 1. The molecule has 1 aromatic carbocycles. The van der Waals surface area contributed by atoms with Gasteiger partial charge >= 0.3 is 0 Å². The van der Waals surface area contributed by atoms with E-state index in [4.69, 9.17) is 0 Å². The first-order valence-corrected chi connectivity index (χ1v) is 6.83. The molecule has 2 aliphatic rings. The molecule has 1 aliphatic heterocycles. The van der Waals surface area contributed by atoms with E-state index >= 15 is 0 Å².